The Labute approximate surface area is 130 Å². The van der Waals surface area contributed by atoms with Crippen LogP contribution in [0.2, 0.25) is 5.02 Å². The second-order valence-corrected chi connectivity index (χ2v) is 5.52. The zero-order valence-electron chi connectivity index (χ0n) is 11.1. The van der Waals surface area contributed by atoms with Crippen molar-refractivity contribution in [1.29, 1.82) is 0 Å². The number of rotatable bonds is 3. The fourth-order valence-corrected chi connectivity index (χ4v) is 2.36. The zero-order valence-corrected chi connectivity index (χ0v) is 12.7. The van der Waals surface area contributed by atoms with Crippen LogP contribution in [-0.4, -0.2) is 17.1 Å². The van der Waals surface area contributed by atoms with E-state index >= 15 is 0 Å². The average molecular weight is 319 g/mol. The number of carbonyl (C=O) groups excluding carboxylic acids is 1. The van der Waals surface area contributed by atoms with Gasteiger partial charge in [0.2, 0.25) is 0 Å². The highest BCUT2D eigenvalue weighted by Crippen LogP contribution is 2.24. The molecule has 3 rings (SSSR count). The first kappa shape index (κ1) is 14.0. The number of hydrogen-bond donors (Lipinski definition) is 1. The van der Waals surface area contributed by atoms with Crippen LogP contribution in [0, 0.1) is 0 Å². The molecular weight excluding hydrogens is 308 g/mol. The van der Waals surface area contributed by atoms with Crippen LogP contribution in [0.25, 0.3) is 11.1 Å². The average Bonchev–Trinajstić information content (AvgIpc) is 2.90. The van der Waals surface area contributed by atoms with Gasteiger partial charge in [-0.15, -0.1) is 0 Å². The van der Waals surface area contributed by atoms with Crippen molar-refractivity contribution in [3.63, 3.8) is 0 Å². The zero-order chi connectivity index (χ0) is 14.8. The Balaban J connectivity index is 1.83. The molecule has 2 aromatic carbocycles. The van der Waals surface area contributed by atoms with Crippen LogP contribution in [0.15, 0.2) is 52.1 Å². The standard InChI is InChI=1S/C15H11ClN2O2S/c1-21-15-18-12-8-11(6-7-13(12)20-15)17-14(19)9-2-4-10(16)5-3-9/h2-8H,1H3,(H,17,19). The van der Waals surface area contributed by atoms with Crippen molar-refractivity contribution in [1.82, 2.24) is 4.98 Å². The Kier molecular flexibility index (Phi) is 3.86. The van der Waals surface area contributed by atoms with Crippen LogP contribution >= 0.6 is 23.4 Å². The lowest BCUT2D eigenvalue weighted by atomic mass is 10.2. The third-order valence-corrected chi connectivity index (χ3v) is 3.68. The Hall–Kier alpha value is -1.98. The Morgan fingerprint density at radius 1 is 1.24 bits per heavy atom. The van der Waals surface area contributed by atoms with E-state index in [2.05, 4.69) is 10.3 Å². The molecule has 0 aliphatic carbocycles. The third-order valence-electron chi connectivity index (χ3n) is 2.91. The molecule has 3 aromatic rings. The summed E-state index contributed by atoms with van der Waals surface area (Å²) in [5.74, 6) is -0.195. The van der Waals surface area contributed by atoms with Crippen LogP contribution in [0.3, 0.4) is 0 Å². The smallest absolute Gasteiger partial charge is 0.256 e. The summed E-state index contributed by atoms with van der Waals surface area (Å²) in [6.45, 7) is 0. The van der Waals surface area contributed by atoms with Gasteiger partial charge in [0, 0.05) is 16.3 Å². The van der Waals surface area contributed by atoms with Crippen molar-refractivity contribution < 1.29 is 9.21 Å². The van der Waals surface area contributed by atoms with Gasteiger partial charge in [-0.05, 0) is 48.7 Å². The molecule has 4 nitrogen and oxygen atoms in total. The SMILES string of the molecule is CSc1nc2cc(NC(=O)c3ccc(Cl)cc3)ccc2o1. The third kappa shape index (κ3) is 3.04. The predicted octanol–water partition coefficient (Wildman–Crippen LogP) is 4.46. The minimum atomic E-state index is -0.195. The second-order valence-electron chi connectivity index (χ2n) is 4.33. The number of hydrogen-bond acceptors (Lipinski definition) is 4. The van der Waals surface area contributed by atoms with E-state index in [1.54, 1.807) is 42.5 Å². The van der Waals surface area contributed by atoms with Gasteiger partial charge in [0.1, 0.15) is 5.52 Å². The van der Waals surface area contributed by atoms with Crippen molar-refractivity contribution in [2.24, 2.45) is 0 Å². The molecule has 21 heavy (non-hydrogen) atoms. The molecule has 0 saturated carbocycles. The van der Waals surface area contributed by atoms with Crippen molar-refractivity contribution in [3.8, 4) is 0 Å². The van der Waals surface area contributed by atoms with E-state index < -0.39 is 0 Å². The number of oxazole rings is 1. The van der Waals surface area contributed by atoms with Crippen molar-refractivity contribution in [3.05, 3.63) is 53.1 Å². The van der Waals surface area contributed by atoms with Gasteiger partial charge >= 0.3 is 0 Å². The van der Waals surface area contributed by atoms with E-state index in [-0.39, 0.29) is 5.91 Å². The van der Waals surface area contributed by atoms with Gasteiger partial charge in [-0.3, -0.25) is 4.79 Å². The lowest BCUT2D eigenvalue weighted by Gasteiger charge is -2.04. The monoisotopic (exact) mass is 318 g/mol. The van der Waals surface area contributed by atoms with Gasteiger partial charge in [-0.25, -0.2) is 4.98 Å². The van der Waals surface area contributed by atoms with E-state index in [0.29, 0.717) is 32.6 Å². The maximum atomic E-state index is 12.1. The molecule has 0 saturated heterocycles. The highest BCUT2D eigenvalue weighted by molar-refractivity contribution is 7.98. The molecule has 1 N–H and O–H groups in total. The number of nitrogens with zero attached hydrogens (tertiary/aromatic N) is 1. The summed E-state index contributed by atoms with van der Waals surface area (Å²) < 4.78 is 5.50. The maximum Gasteiger partial charge on any atom is 0.256 e. The fraction of sp³-hybridized carbons (Fsp3) is 0.0667. The molecule has 0 atom stereocenters. The number of carbonyl (C=O) groups is 1. The van der Waals surface area contributed by atoms with E-state index in [4.69, 9.17) is 16.0 Å². The quantitative estimate of drug-likeness (QED) is 0.725. The van der Waals surface area contributed by atoms with Gasteiger partial charge in [0.15, 0.2) is 5.58 Å². The molecule has 0 unspecified atom stereocenters. The topological polar surface area (TPSA) is 55.1 Å². The number of anilines is 1. The number of benzene rings is 2. The first-order chi connectivity index (χ1) is 10.2. The molecule has 0 bridgehead atoms. The minimum Gasteiger partial charge on any atom is -0.431 e. The first-order valence-corrected chi connectivity index (χ1v) is 7.77. The van der Waals surface area contributed by atoms with Crippen LogP contribution < -0.4 is 5.32 Å². The van der Waals surface area contributed by atoms with Gasteiger partial charge < -0.3 is 9.73 Å². The van der Waals surface area contributed by atoms with Crippen LogP contribution in [0.5, 0.6) is 0 Å². The number of amides is 1. The highest BCUT2D eigenvalue weighted by Gasteiger charge is 2.09. The molecule has 6 heteroatoms. The second kappa shape index (κ2) is 5.79. The van der Waals surface area contributed by atoms with Gasteiger partial charge in [-0.2, -0.15) is 0 Å². The van der Waals surface area contributed by atoms with E-state index in [1.165, 1.54) is 11.8 Å². The molecule has 1 aromatic heterocycles. The van der Waals surface area contributed by atoms with E-state index in [9.17, 15) is 4.79 Å². The molecule has 0 spiro atoms. The molecule has 0 radical (unpaired) electrons. The maximum absolute atomic E-state index is 12.1. The highest BCUT2D eigenvalue weighted by atomic mass is 35.5. The first-order valence-electron chi connectivity index (χ1n) is 6.17. The summed E-state index contributed by atoms with van der Waals surface area (Å²) in [5.41, 5.74) is 2.63. The van der Waals surface area contributed by atoms with Crippen LogP contribution in [-0.2, 0) is 0 Å². The summed E-state index contributed by atoms with van der Waals surface area (Å²) in [6.07, 6.45) is 1.90. The Morgan fingerprint density at radius 3 is 2.71 bits per heavy atom. The molecule has 0 aliphatic heterocycles. The predicted molar refractivity (Wildman–Crippen MR) is 85.2 cm³/mol. The Bertz CT molecular complexity index is 799. The van der Waals surface area contributed by atoms with Crippen LogP contribution in [0.4, 0.5) is 5.69 Å². The lowest BCUT2D eigenvalue weighted by molar-refractivity contribution is 0.102. The van der Waals surface area contributed by atoms with Crippen molar-refractivity contribution >= 4 is 46.1 Å². The van der Waals surface area contributed by atoms with E-state index in [0.717, 1.165) is 0 Å². The summed E-state index contributed by atoms with van der Waals surface area (Å²) in [7, 11) is 0. The van der Waals surface area contributed by atoms with Crippen molar-refractivity contribution in [2.75, 3.05) is 11.6 Å². The van der Waals surface area contributed by atoms with Gasteiger partial charge in [0.25, 0.3) is 11.1 Å². The Morgan fingerprint density at radius 2 is 2.00 bits per heavy atom. The largest absolute Gasteiger partial charge is 0.431 e. The number of halogens is 1. The number of fused-ring (bicyclic) bond motifs is 1. The normalized spacial score (nSPS) is 10.8. The van der Waals surface area contributed by atoms with Gasteiger partial charge in [0.05, 0.1) is 0 Å². The molecule has 1 amide bonds. The molecule has 0 aliphatic rings. The molecule has 106 valence electrons. The van der Waals surface area contributed by atoms with Gasteiger partial charge in [-0.1, -0.05) is 23.4 Å². The summed E-state index contributed by atoms with van der Waals surface area (Å²) in [5, 5.41) is 4.03. The molecular formula is C15H11ClN2O2S. The lowest BCUT2D eigenvalue weighted by Crippen LogP contribution is -2.11. The molecule has 0 fully saturated rings. The fourth-order valence-electron chi connectivity index (χ4n) is 1.88. The molecule has 1 heterocycles. The minimum absolute atomic E-state index is 0.195. The summed E-state index contributed by atoms with van der Waals surface area (Å²) >= 11 is 7.24. The van der Waals surface area contributed by atoms with Crippen LogP contribution in [0.1, 0.15) is 10.4 Å². The number of aromatic nitrogens is 1. The number of thioether (sulfide) groups is 1. The summed E-state index contributed by atoms with van der Waals surface area (Å²) in [4.78, 5) is 16.4. The van der Waals surface area contributed by atoms with E-state index in [1.807, 2.05) is 6.26 Å². The van der Waals surface area contributed by atoms with Crippen molar-refractivity contribution in [2.45, 2.75) is 5.22 Å². The summed E-state index contributed by atoms with van der Waals surface area (Å²) in [6, 6.07) is 12.1. The number of nitrogens with one attached hydrogen (secondary N) is 1.